The fourth-order valence-corrected chi connectivity index (χ4v) is 5.59. The van der Waals surface area contributed by atoms with Gasteiger partial charge in [0.1, 0.15) is 23.4 Å². The molecule has 12 heteroatoms. The molecule has 3 amide bonds. The zero-order chi connectivity index (χ0) is 30.4. The lowest BCUT2D eigenvalue weighted by Gasteiger charge is -2.25. The van der Waals surface area contributed by atoms with E-state index in [-0.39, 0.29) is 25.4 Å². The molecule has 5 N–H and O–H groups in total. The molecule has 0 saturated carbocycles. The molecular weight excluding hydrogens is 561 g/mol. The van der Waals surface area contributed by atoms with Gasteiger partial charge in [-0.05, 0) is 56.3 Å². The Morgan fingerprint density at radius 1 is 1.14 bits per heavy atom. The maximum atomic E-state index is 15.5. The predicted molar refractivity (Wildman–Crippen MR) is 158 cm³/mol. The SMILES string of the molecule is COC[C@@]1(F)C[C@@H](C(=O)N[C@H](C)c2cc(C(=N)N)cs2)N(C(=O)CNC(=O)c2ccc(Oc3ccc(C)cc3)cc2)C1. The summed E-state index contributed by atoms with van der Waals surface area (Å²) in [5.74, 6) is -0.499. The van der Waals surface area contributed by atoms with E-state index in [4.69, 9.17) is 20.6 Å². The topological polar surface area (TPSA) is 147 Å². The van der Waals surface area contributed by atoms with E-state index in [0.29, 0.717) is 22.6 Å². The van der Waals surface area contributed by atoms with Crippen molar-refractivity contribution in [3.8, 4) is 11.5 Å². The summed E-state index contributed by atoms with van der Waals surface area (Å²) in [5.41, 5.74) is 5.57. The van der Waals surface area contributed by atoms with E-state index < -0.39 is 42.0 Å². The van der Waals surface area contributed by atoms with E-state index >= 15 is 4.39 Å². The Bertz CT molecular complexity index is 1450. The number of halogens is 1. The van der Waals surface area contributed by atoms with Crippen LogP contribution in [0.5, 0.6) is 11.5 Å². The number of likely N-dealkylation sites (tertiary alicyclic amines) is 1. The van der Waals surface area contributed by atoms with Crippen LogP contribution < -0.4 is 21.1 Å². The van der Waals surface area contributed by atoms with Crippen LogP contribution in [-0.4, -0.2) is 67.0 Å². The molecule has 2 aromatic carbocycles. The lowest BCUT2D eigenvalue weighted by atomic mass is 10.0. The number of ether oxygens (including phenoxy) is 2. The van der Waals surface area contributed by atoms with E-state index in [9.17, 15) is 14.4 Å². The maximum Gasteiger partial charge on any atom is 0.251 e. The average Bonchev–Trinajstić information content (AvgIpc) is 3.59. The third-order valence-electron chi connectivity index (χ3n) is 6.90. The van der Waals surface area contributed by atoms with Crippen molar-refractivity contribution in [2.45, 2.75) is 38.0 Å². The van der Waals surface area contributed by atoms with Gasteiger partial charge in [-0.3, -0.25) is 19.8 Å². The van der Waals surface area contributed by atoms with E-state index in [2.05, 4.69) is 10.6 Å². The van der Waals surface area contributed by atoms with Crippen molar-refractivity contribution in [3.63, 3.8) is 0 Å². The van der Waals surface area contributed by atoms with Crippen LogP contribution >= 0.6 is 11.3 Å². The number of aryl methyl sites for hydroxylation is 1. The molecule has 1 fully saturated rings. The second kappa shape index (κ2) is 13.1. The zero-order valence-electron chi connectivity index (χ0n) is 23.6. The lowest BCUT2D eigenvalue weighted by Crippen LogP contribution is -2.49. The van der Waals surface area contributed by atoms with Gasteiger partial charge in [0.25, 0.3) is 5.91 Å². The zero-order valence-corrected chi connectivity index (χ0v) is 24.4. The first-order chi connectivity index (χ1) is 20.0. The van der Waals surface area contributed by atoms with Gasteiger partial charge in [-0.25, -0.2) is 4.39 Å². The Hall–Kier alpha value is -4.29. The highest BCUT2D eigenvalue weighted by atomic mass is 32.1. The first-order valence-corrected chi connectivity index (χ1v) is 14.2. The van der Waals surface area contributed by atoms with Crippen LogP contribution in [0, 0.1) is 12.3 Å². The number of nitrogens with two attached hydrogens (primary N) is 1. The quantitative estimate of drug-likeness (QED) is 0.196. The van der Waals surface area contributed by atoms with Crippen LogP contribution in [0.2, 0.25) is 0 Å². The maximum absolute atomic E-state index is 15.5. The number of nitrogens with zero attached hydrogens (tertiary/aromatic N) is 1. The summed E-state index contributed by atoms with van der Waals surface area (Å²) in [7, 11) is 1.35. The Labute approximate surface area is 247 Å². The number of methoxy groups -OCH3 is 1. The number of carbonyl (C=O) groups is 3. The van der Waals surface area contributed by atoms with Gasteiger partial charge in [-0.2, -0.15) is 0 Å². The van der Waals surface area contributed by atoms with Crippen LogP contribution in [-0.2, 0) is 14.3 Å². The van der Waals surface area contributed by atoms with Gasteiger partial charge < -0.3 is 30.7 Å². The number of alkyl halides is 1. The molecule has 1 saturated heterocycles. The minimum atomic E-state index is -1.92. The minimum Gasteiger partial charge on any atom is -0.457 e. The number of hydrogen-bond acceptors (Lipinski definition) is 7. The number of amidine groups is 1. The minimum absolute atomic E-state index is 0.0843. The summed E-state index contributed by atoms with van der Waals surface area (Å²) < 4.78 is 26.3. The summed E-state index contributed by atoms with van der Waals surface area (Å²) >= 11 is 1.33. The van der Waals surface area contributed by atoms with E-state index in [1.165, 1.54) is 18.4 Å². The van der Waals surface area contributed by atoms with Gasteiger partial charge in [0.2, 0.25) is 11.8 Å². The molecule has 1 aliphatic heterocycles. The Morgan fingerprint density at radius 2 is 1.79 bits per heavy atom. The largest absolute Gasteiger partial charge is 0.457 e. The van der Waals surface area contributed by atoms with Crippen molar-refractivity contribution in [1.82, 2.24) is 15.5 Å². The van der Waals surface area contributed by atoms with Crippen molar-refractivity contribution in [3.05, 3.63) is 81.5 Å². The number of rotatable bonds is 11. The summed E-state index contributed by atoms with van der Waals surface area (Å²) in [6.45, 7) is 2.68. The van der Waals surface area contributed by atoms with Gasteiger partial charge in [0, 0.05) is 34.9 Å². The first kappa shape index (κ1) is 30.7. The van der Waals surface area contributed by atoms with Gasteiger partial charge in [0.15, 0.2) is 5.67 Å². The third kappa shape index (κ3) is 7.51. The summed E-state index contributed by atoms with van der Waals surface area (Å²) in [6, 6.07) is 14.1. The number of benzene rings is 2. The van der Waals surface area contributed by atoms with Crippen LogP contribution in [0.25, 0.3) is 0 Å². The number of thiophene rings is 1. The first-order valence-electron chi connectivity index (χ1n) is 13.3. The molecule has 222 valence electrons. The molecule has 1 aromatic heterocycles. The summed E-state index contributed by atoms with van der Waals surface area (Å²) in [5, 5.41) is 14.7. The summed E-state index contributed by atoms with van der Waals surface area (Å²) in [4.78, 5) is 41.1. The van der Waals surface area contributed by atoms with E-state index in [1.807, 2.05) is 31.2 Å². The van der Waals surface area contributed by atoms with E-state index in [0.717, 1.165) is 15.3 Å². The van der Waals surface area contributed by atoms with Crippen molar-refractivity contribution >= 4 is 34.9 Å². The van der Waals surface area contributed by atoms with Crippen molar-refractivity contribution in [1.29, 1.82) is 5.41 Å². The van der Waals surface area contributed by atoms with Crippen LogP contribution in [0.15, 0.2) is 60.0 Å². The number of amides is 3. The Kier molecular flexibility index (Phi) is 9.59. The van der Waals surface area contributed by atoms with Crippen LogP contribution in [0.4, 0.5) is 4.39 Å². The number of carbonyl (C=O) groups excluding carboxylic acids is 3. The number of hydrogen-bond donors (Lipinski definition) is 4. The molecule has 0 unspecified atom stereocenters. The second-order valence-corrected chi connectivity index (χ2v) is 11.3. The third-order valence-corrected chi connectivity index (χ3v) is 8.02. The average molecular weight is 596 g/mol. The van der Waals surface area contributed by atoms with Gasteiger partial charge in [-0.15, -0.1) is 11.3 Å². The monoisotopic (exact) mass is 595 g/mol. The smallest absolute Gasteiger partial charge is 0.251 e. The Balaban J connectivity index is 1.37. The standard InChI is InChI=1S/C30H34FN5O5S/c1-18-4-8-22(9-5-18)41-23-10-6-20(7-11-23)28(38)34-14-26(37)36-16-30(31,17-40-3)13-24(36)29(39)35-19(2)25-12-21(15-42-25)27(32)33/h4-12,15,19,24H,13-14,16-17H2,1-3H3,(H3,32,33)(H,34,38)(H,35,39)/t19-,24+,30-/m1/s1. The molecule has 1 aliphatic rings. The molecule has 0 bridgehead atoms. The van der Waals surface area contributed by atoms with Gasteiger partial charge >= 0.3 is 0 Å². The highest BCUT2D eigenvalue weighted by Crippen LogP contribution is 2.32. The molecule has 4 rings (SSSR count). The van der Waals surface area contributed by atoms with Crippen LogP contribution in [0.1, 0.15) is 45.7 Å². The highest BCUT2D eigenvalue weighted by molar-refractivity contribution is 7.10. The molecule has 0 spiro atoms. The lowest BCUT2D eigenvalue weighted by molar-refractivity contribution is -0.138. The summed E-state index contributed by atoms with van der Waals surface area (Å²) in [6.07, 6.45) is -0.245. The van der Waals surface area contributed by atoms with Gasteiger partial charge in [0.05, 0.1) is 25.7 Å². The van der Waals surface area contributed by atoms with Crippen molar-refractivity contribution in [2.75, 3.05) is 26.8 Å². The van der Waals surface area contributed by atoms with Crippen molar-refractivity contribution < 1.29 is 28.2 Å². The van der Waals surface area contributed by atoms with Crippen molar-refractivity contribution in [2.24, 2.45) is 5.73 Å². The molecular formula is C30H34FN5O5S. The molecule has 3 aromatic rings. The second-order valence-electron chi connectivity index (χ2n) is 10.3. The Morgan fingerprint density at radius 3 is 2.38 bits per heavy atom. The molecule has 10 nitrogen and oxygen atoms in total. The van der Waals surface area contributed by atoms with Gasteiger partial charge in [-0.1, -0.05) is 17.7 Å². The fourth-order valence-electron chi connectivity index (χ4n) is 4.67. The molecule has 2 heterocycles. The molecule has 42 heavy (non-hydrogen) atoms. The highest BCUT2D eigenvalue weighted by Gasteiger charge is 2.49. The normalized spacial score (nSPS) is 18.8. The number of nitrogens with one attached hydrogen (secondary N) is 3. The predicted octanol–water partition coefficient (Wildman–Crippen LogP) is 3.70. The molecule has 0 aliphatic carbocycles. The molecule has 3 atom stereocenters. The van der Waals surface area contributed by atoms with Crippen LogP contribution in [0.3, 0.4) is 0 Å². The van der Waals surface area contributed by atoms with E-state index in [1.54, 1.807) is 42.6 Å². The fraction of sp³-hybridized carbons (Fsp3) is 0.333. The molecule has 0 radical (unpaired) electrons. The number of nitrogen functional groups attached to an aromatic ring is 1.